The number of nitrogens with zero attached hydrogens (tertiary/aromatic N) is 3. The van der Waals surface area contributed by atoms with Crippen LogP contribution in [0, 0.1) is 0 Å². The molecule has 1 fully saturated rings. The van der Waals surface area contributed by atoms with Crippen molar-refractivity contribution in [2.75, 3.05) is 18.0 Å². The molecule has 0 unspecified atom stereocenters. The highest BCUT2D eigenvalue weighted by atomic mass is 19.4. The van der Waals surface area contributed by atoms with Gasteiger partial charge in [0.05, 0.1) is 12.2 Å². The second-order valence-electron chi connectivity index (χ2n) is 8.59. The molecule has 1 saturated heterocycles. The Morgan fingerprint density at radius 3 is 2.63 bits per heavy atom. The molecule has 0 saturated carbocycles. The molecule has 0 radical (unpaired) electrons. The van der Waals surface area contributed by atoms with E-state index in [4.69, 9.17) is 4.98 Å². The Kier molecular flexibility index (Phi) is 4.65. The van der Waals surface area contributed by atoms with Gasteiger partial charge < -0.3 is 14.8 Å². The Labute approximate surface area is 173 Å². The van der Waals surface area contributed by atoms with Gasteiger partial charge in [0, 0.05) is 37.4 Å². The molecule has 0 bridgehead atoms. The zero-order valence-corrected chi connectivity index (χ0v) is 16.8. The van der Waals surface area contributed by atoms with Crippen LogP contribution in [0.1, 0.15) is 48.5 Å². The van der Waals surface area contributed by atoms with Crippen LogP contribution in [0.4, 0.5) is 18.9 Å². The fourth-order valence-corrected chi connectivity index (χ4v) is 5.09. The summed E-state index contributed by atoms with van der Waals surface area (Å²) >= 11 is 0. The highest BCUT2D eigenvalue weighted by Crippen LogP contribution is 2.44. The average Bonchev–Trinajstić information content (AvgIpc) is 3.14. The Morgan fingerprint density at radius 2 is 1.90 bits per heavy atom. The average molecular weight is 418 g/mol. The SMILES string of the molecule is O=C1N(Cc2nc3c(n2CCCC(F)(F)F)CCCC3)c2ccccc2C12CNC2. The molecule has 160 valence electrons. The van der Waals surface area contributed by atoms with Gasteiger partial charge in [-0.3, -0.25) is 4.79 Å². The molecule has 5 rings (SSSR count). The summed E-state index contributed by atoms with van der Waals surface area (Å²) in [6.07, 6.45) is -1.17. The van der Waals surface area contributed by atoms with Gasteiger partial charge in [0.1, 0.15) is 11.2 Å². The zero-order valence-electron chi connectivity index (χ0n) is 16.8. The summed E-state index contributed by atoms with van der Waals surface area (Å²) in [4.78, 5) is 20.0. The maximum atomic E-state index is 13.4. The first kappa shape index (κ1) is 19.6. The molecule has 5 nitrogen and oxygen atoms in total. The van der Waals surface area contributed by atoms with E-state index in [1.54, 1.807) is 4.90 Å². The number of amides is 1. The van der Waals surface area contributed by atoms with E-state index in [1.807, 2.05) is 28.8 Å². The topological polar surface area (TPSA) is 50.2 Å². The molecular weight excluding hydrogens is 393 g/mol. The smallest absolute Gasteiger partial charge is 0.330 e. The Balaban J connectivity index is 1.46. The number of alkyl halides is 3. The van der Waals surface area contributed by atoms with Gasteiger partial charge in [0.2, 0.25) is 5.91 Å². The van der Waals surface area contributed by atoms with Crippen molar-refractivity contribution in [3.63, 3.8) is 0 Å². The van der Waals surface area contributed by atoms with Crippen molar-refractivity contribution in [3.05, 3.63) is 47.0 Å². The minimum Gasteiger partial charge on any atom is -0.330 e. The second kappa shape index (κ2) is 7.11. The normalized spacial score (nSPS) is 19.7. The van der Waals surface area contributed by atoms with Crippen LogP contribution in [0.3, 0.4) is 0 Å². The number of aryl methyl sites for hydroxylation is 1. The molecule has 1 aromatic carbocycles. The molecule has 0 atom stereocenters. The molecule has 3 heterocycles. The summed E-state index contributed by atoms with van der Waals surface area (Å²) in [6, 6.07) is 7.84. The number of fused-ring (bicyclic) bond motifs is 3. The van der Waals surface area contributed by atoms with Crippen molar-refractivity contribution < 1.29 is 18.0 Å². The van der Waals surface area contributed by atoms with Gasteiger partial charge in [0.25, 0.3) is 0 Å². The summed E-state index contributed by atoms with van der Waals surface area (Å²) in [5, 5.41) is 3.22. The van der Waals surface area contributed by atoms with E-state index < -0.39 is 18.0 Å². The van der Waals surface area contributed by atoms with Crippen molar-refractivity contribution in [1.82, 2.24) is 14.9 Å². The van der Waals surface area contributed by atoms with Gasteiger partial charge in [0.15, 0.2) is 0 Å². The predicted molar refractivity (Wildman–Crippen MR) is 106 cm³/mol. The number of halogens is 3. The van der Waals surface area contributed by atoms with E-state index in [-0.39, 0.29) is 18.9 Å². The van der Waals surface area contributed by atoms with Crippen LogP contribution in [0.15, 0.2) is 24.3 Å². The van der Waals surface area contributed by atoms with E-state index in [0.717, 1.165) is 48.3 Å². The third kappa shape index (κ3) is 3.12. The van der Waals surface area contributed by atoms with Crippen LogP contribution < -0.4 is 10.2 Å². The van der Waals surface area contributed by atoms with Gasteiger partial charge in [-0.2, -0.15) is 13.2 Å². The lowest BCUT2D eigenvalue weighted by molar-refractivity contribution is -0.136. The Hall–Kier alpha value is -2.35. The molecule has 8 heteroatoms. The van der Waals surface area contributed by atoms with Gasteiger partial charge in [-0.15, -0.1) is 0 Å². The number of anilines is 1. The Bertz CT molecular complexity index is 977. The number of rotatable bonds is 5. The predicted octanol–water partition coefficient (Wildman–Crippen LogP) is 3.49. The summed E-state index contributed by atoms with van der Waals surface area (Å²) in [5.74, 6) is 0.766. The third-order valence-corrected chi connectivity index (χ3v) is 6.67. The van der Waals surface area contributed by atoms with Crippen LogP contribution in [0.5, 0.6) is 0 Å². The molecular formula is C22H25F3N4O. The molecule has 1 spiro atoms. The van der Waals surface area contributed by atoms with E-state index in [1.165, 1.54) is 0 Å². The minimum absolute atomic E-state index is 0.0255. The van der Waals surface area contributed by atoms with Gasteiger partial charge in [-0.1, -0.05) is 18.2 Å². The summed E-state index contributed by atoms with van der Waals surface area (Å²) in [5.41, 5.74) is 3.46. The fraction of sp³-hybridized carbons (Fsp3) is 0.545. The number of carbonyl (C=O) groups excluding carboxylic acids is 1. The summed E-state index contributed by atoms with van der Waals surface area (Å²) in [6.45, 7) is 1.83. The highest BCUT2D eigenvalue weighted by Gasteiger charge is 2.54. The molecule has 30 heavy (non-hydrogen) atoms. The maximum Gasteiger partial charge on any atom is 0.389 e. The van der Waals surface area contributed by atoms with E-state index in [9.17, 15) is 18.0 Å². The molecule has 2 aliphatic heterocycles. The number of aromatic nitrogens is 2. The standard InChI is InChI=1S/C22H25F3N4O/c23-22(24,25)10-5-11-28-18-9-4-2-7-16(18)27-19(28)12-29-17-8-3-1-6-15(17)21(20(29)30)13-26-14-21/h1,3,6,8,26H,2,4-5,7,9-14H2. The number of hydrogen-bond donors (Lipinski definition) is 1. The molecule has 1 aliphatic carbocycles. The lowest BCUT2D eigenvalue weighted by Crippen LogP contribution is -2.61. The summed E-state index contributed by atoms with van der Waals surface area (Å²) < 4.78 is 40.1. The van der Waals surface area contributed by atoms with Crippen LogP contribution >= 0.6 is 0 Å². The van der Waals surface area contributed by atoms with Crippen molar-refractivity contribution in [2.45, 2.75) is 63.2 Å². The van der Waals surface area contributed by atoms with Gasteiger partial charge >= 0.3 is 6.18 Å². The van der Waals surface area contributed by atoms with Crippen molar-refractivity contribution >= 4 is 11.6 Å². The Morgan fingerprint density at radius 1 is 1.13 bits per heavy atom. The first-order valence-electron chi connectivity index (χ1n) is 10.7. The third-order valence-electron chi connectivity index (χ3n) is 6.67. The lowest BCUT2D eigenvalue weighted by atomic mass is 9.76. The van der Waals surface area contributed by atoms with E-state index in [0.29, 0.717) is 25.5 Å². The number of benzene rings is 1. The zero-order chi connectivity index (χ0) is 20.9. The van der Waals surface area contributed by atoms with E-state index >= 15 is 0 Å². The second-order valence-corrected chi connectivity index (χ2v) is 8.59. The largest absolute Gasteiger partial charge is 0.389 e. The monoisotopic (exact) mass is 418 g/mol. The number of nitrogens with one attached hydrogen (secondary N) is 1. The maximum absolute atomic E-state index is 13.4. The molecule has 3 aliphatic rings. The number of imidazole rings is 1. The number of carbonyl (C=O) groups is 1. The van der Waals surface area contributed by atoms with Gasteiger partial charge in [-0.05, 0) is 43.7 Å². The molecule has 2 aromatic rings. The van der Waals surface area contributed by atoms with E-state index in [2.05, 4.69) is 5.32 Å². The fourth-order valence-electron chi connectivity index (χ4n) is 5.09. The van der Waals surface area contributed by atoms with Crippen molar-refractivity contribution in [1.29, 1.82) is 0 Å². The van der Waals surface area contributed by atoms with Crippen molar-refractivity contribution in [3.8, 4) is 0 Å². The first-order valence-corrected chi connectivity index (χ1v) is 10.7. The summed E-state index contributed by atoms with van der Waals surface area (Å²) in [7, 11) is 0. The quantitative estimate of drug-likeness (QED) is 0.809. The first-order chi connectivity index (χ1) is 14.4. The molecule has 1 aromatic heterocycles. The van der Waals surface area contributed by atoms with Crippen LogP contribution in [0.2, 0.25) is 0 Å². The molecule has 1 N–H and O–H groups in total. The van der Waals surface area contributed by atoms with Crippen LogP contribution in [-0.2, 0) is 36.1 Å². The number of para-hydroxylation sites is 1. The van der Waals surface area contributed by atoms with Gasteiger partial charge in [-0.25, -0.2) is 4.98 Å². The van der Waals surface area contributed by atoms with Crippen LogP contribution in [0.25, 0.3) is 0 Å². The lowest BCUT2D eigenvalue weighted by Gasteiger charge is -2.38. The number of hydrogen-bond acceptors (Lipinski definition) is 3. The molecule has 1 amide bonds. The highest BCUT2D eigenvalue weighted by molar-refractivity contribution is 6.09. The van der Waals surface area contributed by atoms with Crippen molar-refractivity contribution in [2.24, 2.45) is 0 Å². The van der Waals surface area contributed by atoms with Crippen LogP contribution in [-0.4, -0.2) is 34.7 Å². The minimum atomic E-state index is -4.16.